The van der Waals surface area contributed by atoms with E-state index in [2.05, 4.69) is 0 Å². The second kappa shape index (κ2) is 4.49. The Labute approximate surface area is 115 Å². The molecule has 0 amide bonds. The Balaban J connectivity index is 2.01. The van der Waals surface area contributed by atoms with Gasteiger partial charge in [0.1, 0.15) is 0 Å². The van der Waals surface area contributed by atoms with Gasteiger partial charge in [-0.25, -0.2) is 4.79 Å². The first-order valence-electron chi connectivity index (χ1n) is 6.28. The van der Waals surface area contributed by atoms with Crippen LogP contribution in [0.5, 0.6) is 5.88 Å². The SMILES string of the molecule is Cc1ccc(Cn2c(O)c3n(c2=O)C(C)SC3)cc1. The highest BCUT2D eigenvalue weighted by Crippen LogP contribution is 2.37. The summed E-state index contributed by atoms with van der Waals surface area (Å²) in [7, 11) is 0. The summed E-state index contributed by atoms with van der Waals surface area (Å²) >= 11 is 1.67. The number of aromatic hydroxyl groups is 1. The first-order valence-corrected chi connectivity index (χ1v) is 7.33. The van der Waals surface area contributed by atoms with Gasteiger partial charge in [0.25, 0.3) is 0 Å². The molecule has 100 valence electrons. The smallest absolute Gasteiger partial charge is 0.332 e. The molecule has 2 heterocycles. The average molecular weight is 276 g/mol. The summed E-state index contributed by atoms with van der Waals surface area (Å²) in [4.78, 5) is 12.3. The minimum Gasteiger partial charge on any atom is -0.493 e. The van der Waals surface area contributed by atoms with Gasteiger partial charge in [0.2, 0.25) is 5.88 Å². The average Bonchev–Trinajstić information content (AvgIpc) is 2.88. The van der Waals surface area contributed by atoms with Crippen LogP contribution in [-0.4, -0.2) is 14.2 Å². The molecule has 1 unspecified atom stereocenters. The number of imidazole rings is 1. The molecular weight excluding hydrogens is 260 g/mol. The zero-order valence-electron chi connectivity index (χ0n) is 11.0. The maximum absolute atomic E-state index is 12.3. The van der Waals surface area contributed by atoms with Gasteiger partial charge >= 0.3 is 5.69 Å². The Bertz CT molecular complexity index is 670. The quantitative estimate of drug-likeness (QED) is 0.916. The molecule has 1 aromatic heterocycles. The van der Waals surface area contributed by atoms with E-state index in [4.69, 9.17) is 0 Å². The number of hydrogen-bond donors (Lipinski definition) is 1. The predicted molar refractivity (Wildman–Crippen MR) is 76.6 cm³/mol. The Morgan fingerprint density at radius 1 is 1.37 bits per heavy atom. The summed E-state index contributed by atoms with van der Waals surface area (Å²) in [6.45, 7) is 4.43. The molecule has 3 rings (SSSR count). The lowest BCUT2D eigenvalue weighted by molar-refractivity contribution is 0.418. The van der Waals surface area contributed by atoms with Gasteiger partial charge in [-0.05, 0) is 19.4 Å². The highest BCUT2D eigenvalue weighted by Gasteiger charge is 2.28. The van der Waals surface area contributed by atoms with Crippen molar-refractivity contribution in [3.05, 3.63) is 51.6 Å². The van der Waals surface area contributed by atoms with Crippen molar-refractivity contribution >= 4 is 11.8 Å². The third-order valence-corrected chi connectivity index (χ3v) is 4.66. The Hall–Kier alpha value is -1.62. The summed E-state index contributed by atoms with van der Waals surface area (Å²) in [5.74, 6) is 0.811. The molecule has 0 spiro atoms. The fraction of sp³-hybridized carbons (Fsp3) is 0.357. The van der Waals surface area contributed by atoms with Crippen LogP contribution >= 0.6 is 11.8 Å². The topological polar surface area (TPSA) is 47.2 Å². The number of thioether (sulfide) groups is 1. The minimum atomic E-state index is -0.120. The van der Waals surface area contributed by atoms with Crippen molar-refractivity contribution in [2.75, 3.05) is 0 Å². The van der Waals surface area contributed by atoms with Crippen LogP contribution in [0.3, 0.4) is 0 Å². The third kappa shape index (κ3) is 1.98. The molecule has 4 nitrogen and oxygen atoms in total. The summed E-state index contributed by atoms with van der Waals surface area (Å²) in [6, 6.07) is 8.00. The highest BCUT2D eigenvalue weighted by molar-refractivity contribution is 7.98. The van der Waals surface area contributed by atoms with Gasteiger partial charge in [-0.3, -0.25) is 9.13 Å². The van der Waals surface area contributed by atoms with Gasteiger partial charge in [0, 0.05) is 5.75 Å². The number of hydrogen-bond acceptors (Lipinski definition) is 3. The molecule has 5 heteroatoms. The summed E-state index contributed by atoms with van der Waals surface area (Å²) in [6.07, 6.45) is 0. The van der Waals surface area contributed by atoms with E-state index in [1.165, 1.54) is 10.1 Å². The number of nitrogens with zero attached hydrogens (tertiary/aromatic N) is 2. The predicted octanol–water partition coefficient (Wildman–Crippen LogP) is 2.48. The number of aromatic nitrogens is 2. The fourth-order valence-corrected chi connectivity index (χ4v) is 3.44. The van der Waals surface area contributed by atoms with Crippen molar-refractivity contribution in [1.29, 1.82) is 0 Å². The molecule has 0 aliphatic carbocycles. The van der Waals surface area contributed by atoms with Crippen molar-refractivity contribution in [1.82, 2.24) is 9.13 Å². The van der Waals surface area contributed by atoms with Crippen LogP contribution in [0.15, 0.2) is 29.1 Å². The summed E-state index contributed by atoms with van der Waals surface area (Å²) < 4.78 is 3.14. The maximum atomic E-state index is 12.3. The summed E-state index contributed by atoms with van der Waals surface area (Å²) in [5, 5.41) is 10.3. The lowest BCUT2D eigenvalue weighted by atomic mass is 10.1. The van der Waals surface area contributed by atoms with Crippen LogP contribution in [0.1, 0.15) is 29.1 Å². The van der Waals surface area contributed by atoms with Gasteiger partial charge in [0.05, 0.1) is 17.6 Å². The monoisotopic (exact) mass is 276 g/mol. The minimum absolute atomic E-state index is 0.104. The standard InChI is InChI=1S/C14H16N2O2S/c1-9-3-5-11(6-4-9)7-15-13(17)12-8-19-10(2)16(12)14(15)18/h3-6,10,17H,7-8H2,1-2H3. The molecule has 1 aliphatic rings. The van der Waals surface area contributed by atoms with Crippen LogP contribution in [0, 0.1) is 6.92 Å². The molecule has 1 aliphatic heterocycles. The first kappa shape index (κ1) is 12.4. The molecule has 1 aromatic carbocycles. The number of rotatable bonds is 2. The lowest BCUT2D eigenvalue weighted by Gasteiger charge is -2.06. The van der Waals surface area contributed by atoms with E-state index in [1.807, 2.05) is 38.1 Å². The van der Waals surface area contributed by atoms with Crippen LogP contribution in [0.2, 0.25) is 0 Å². The molecule has 1 atom stereocenters. The van der Waals surface area contributed by atoms with Crippen LogP contribution in [0.4, 0.5) is 0 Å². The molecule has 0 fully saturated rings. The Morgan fingerprint density at radius 3 is 2.68 bits per heavy atom. The molecular formula is C14H16N2O2S. The van der Waals surface area contributed by atoms with E-state index in [9.17, 15) is 9.90 Å². The van der Waals surface area contributed by atoms with Gasteiger partial charge < -0.3 is 5.11 Å². The van der Waals surface area contributed by atoms with Gasteiger partial charge in [-0.1, -0.05) is 29.8 Å². The van der Waals surface area contributed by atoms with Crippen LogP contribution in [0.25, 0.3) is 0 Å². The van der Waals surface area contributed by atoms with E-state index < -0.39 is 0 Å². The third-order valence-electron chi connectivity index (χ3n) is 3.53. The van der Waals surface area contributed by atoms with Crippen molar-refractivity contribution in [3.8, 4) is 5.88 Å². The van der Waals surface area contributed by atoms with E-state index in [-0.39, 0.29) is 16.9 Å². The molecule has 1 N–H and O–H groups in total. The largest absolute Gasteiger partial charge is 0.493 e. The van der Waals surface area contributed by atoms with Gasteiger partial charge in [0.15, 0.2) is 0 Å². The maximum Gasteiger partial charge on any atom is 0.332 e. The van der Waals surface area contributed by atoms with Gasteiger partial charge in [-0.15, -0.1) is 11.8 Å². The molecule has 0 radical (unpaired) electrons. The lowest BCUT2D eigenvalue weighted by Crippen LogP contribution is -2.25. The van der Waals surface area contributed by atoms with Crippen molar-refractivity contribution in [2.24, 2.45) is 0 Å². The number of fused-ring (bicyclic) bond motifs is 1. The fourth-order valence-electron chi connectivity index (χ4n) is 2.40. The number of aryl methyl sites for hydroxylation is 1. The molecule has 0 bridgehead atoms. The van der Waals surface area contributed by atoms with E-state index in [0.717, 1.165) is 11.3 Å². The molecule has 2 aromatic rings. The van der Waals surface area contributed by atoms with E-state index in [0.29, 0.717) is 12.3 Å². The Kier molecular flexibility index (Phi) is 2.93. The number of benzene rings is 1. The van der Waals surface area contributed by atoms with Crippen molar-refractivity contribution in [3.63, 3.8) is 0 Å². The van der Waals surface area contributed by atoms with Crippen LogP contribution in [-0.2, 0) is 12.3 Å². The normalized spacial score (nSPS) is 17.7. The summed E-state index contributed by atoms with van der Waals surface area (Å²) in [5.41, 5.74) is 2.83. The molecule has 0 saturated carbocycles. The second-order valence-electron chi connectivity index (χ2n) is 4.90. The Morgan fingerprint density at radius 2 is 2.05 bits per heavy atom. The van der Waals surface area contributed by atoms with Crippen molar-refractivity contribution in [2.45, 2.75) is 31.5 Å². The second-order valence-corrected chi connectivity index (χ2v) is 6.21. The highest BCUT2D eigenvalue weighted by atomic mass is 32.2. The van der Waals surface area contributed by atoms with Crippen molar-refractivity contribution < 1.29 is 5.11 Å². The molecule has 19 heavy (non-hydrogen) atoms. The molecule has 0 saturated heterocycles. The van der Waals surface area contributed by atoms with E-state index >= 15 is 0 Å². The van der Waals surface area contributed by atoms with Crippen LogP contribution < -0.4 is 5.69 Å². The zero-order valence-corrected chi connectivity index (χ0v) is 11.8. The first-order chi connectivity index (χ1) is 9.08. The van der Waals surface area contributed by atoms with Gasteiger partial charge in [-0.2, -0.15) is 0 Å². The van der Waals surface area contributed by atoms with E-state index in [1.54, 1.807) is 16.3 Å². The zero-order chi connectivity index (χ0) is 13.6.